The van der Waals surface area contributed by atoms with E-state index in [4.69, 9.17) is 0 Å². The van der Waals surface area contributed by atoms with Crippen LogP contribution in [0.1, 0.15) is 77.5 Å². The number of aryl methyl sites for hydroxylation is 2. The fraction of sp³-hybridized carbons (Fsp3) is 0.371. The van der Waals surface area contributed by atoms with Crippen LogP contribution in [0.25, 0.3) is 10.9 Å². The number of fused-ring (bicyclic) bond motifs is 1. The van der Waals surface area contributed by atoms with Crippen molar-refractivity contribution in [3.8, 4) is 0 Å². The topological polar surface area (TPSA) is 82.9 Å². The van der Waals surface area contributed by atoms with E-state index in [0.717, 1.165) is 66.9 Å². The molecular weight excluding hydrogens is 534 g/mol. The van der Waals surface area contributed by atoms with Gasteiger partial charge in [0.05, 0.1) is 17.6 Å². The number of H-pyrrole nitrogens is 1. The second-order valence-electron chi connectivity index (χ2n) is 12.2. The second-order valence-corrected chi connectivity index (χ2v) is 12.2. The Balaban J connectivity index is 1.27. The van der Waals surface area contributed by atoms with E-state index in [9.17, 15) is 4.79 Å². The minimum atomic E-state index is -0.335. The number of aromatic nitrogens is 5. The normalized spacial score (nSPS) is 17.7. The Kier molecular flexibility index (Phi) is 7.63. The molecule has 1 N–H and O–H groups in total. The van der Waals surface area contributed by atoms with Crippen LogP contribution in [-0.4, -0.2) is 61.2 Å². The summed E-state index contributed by atoms with van der Waals surface area (Å²) < 4.78 is 2.02. The zero-order chi connectivity index (χ0) is 29.3. The summed E-state index contributed by atoms with van der Waals surface area (Å²) in [5.41, 5.74) is 6.35. The molecule has 3 heterocycles. The number of aromatic amines is 1. The van der Waals surface area contributed by atoms with Crippen molar-refractivity contribution in [1.82, 2.24) is 35.0 Å². The van der Waals surface area contributed by atoms with Gasteiger partial charge in [-0.1, -0.05) is 85.6 Å². The molecule has 1 aliphatic heterocycles. The summed E-state index contributed by atoms with van der Waals surface area (Å²) in [5.74, 6) is 0.776. The van der Waals surface area contributed by atoms with Crippen LogP contribution in [0.15, 0.2) is 83.7 Å². The zero-order valence-electron chi connectivity index (χ0n) is 25.0. The van der Waals surface area contributed by atoms with Crippen molar-refractivity contribution in [3.05, 3.63) is 123 Å². The zero-order valence-corrected chi connectivity index (χ0v) is 25.0. The number of hydrogen-bond donors (Lipinski definition) is 1. The molecule has 3 aromatic carbocycles. The fourth-order valence-electron chi connectivity index (χ4n) is 7.22. The first-order valence-electron chi connectivity index (χ1n) is 15.6. The van der Waals surface area contributed by atoms with Crippen molar-refractivity contribution in [2.45, 2.75) is 57.7 Å². The van der Waals surface area contributed by atoms with E-state index in [-0.39, 0.29) is 23.7 Å². The lowest BCUT2D eigenvalue weighted by molar-refractivity contribution is 0.0850. The minimum absolute atomic E-state index is 0.0685. The lowest BCUT2D eigenvalue weighted by Crippen LogP contribution is -2.50. The maximum atomic E-state index is 13.9. The van der Waals surface area contributed by atoms with Crippen molar-refractivity contribution in [2.24, 2.45) is 0 Å². The van der Waals surface area contributed by atoms with Gasteiger partial charge in [0.25, 0.3) is 5.56 Å². The van der Waals surface area contributed by atoms with Gasteiger partial charge in [-0.3, -0.25) is 14.6 Å². The number of hydrogen-bond acceptors (Lipinski definition) is 6. The minimum Gasteiger partial charge on any atom is -0.321 e. The van der Waals surface area contributed by atoms with E-state index < -0.39 is 0 Å². The molecule has 2 fully saturated rings. The van der Waals surface area contributed by atoms with Crippen molar-refractivity contribution in [1.29, 1.82) is 0 Å². The Morgan fingerprint density at radius 1 is 0.767 bits per heavy atom. The Labute approximate surface area is 252 Å². The molecular formula is C35H39N7O. The molecule has 0 unspecified atom stereocenters. The molecule has 1 saturated heterocycles. The maximum absolute atomic E-state index is 13.9. The summed E-state index contributed by atoms with van der Waals surface area (Å²) >= 11 is 0. The molecule has 1 saturated carbocycles. The highest BCUT2D eigenvalue weighted by atomic mass is 16.1. The molecule has 1 atom stereocenters. The van der Waals surface area contributed by atoms with Gasteiger partial charge >= 0.3 is 0 Å². The van der Waals surface area contributed by atoms with Gasteiger partial charge < -0.3 is 4.98 Å². The molecule has 8 heteroatoms. The van der Waals surface area contributed by atoms with E-state index in [0.29, 0.717) is 5.56 Å². The molecule has 0 radical (unpaired) electrons. The maximum Gasteiger partial charge on any atom is 0.253 e. The number of benzene rings is 3. The van der Waals surface area contributed by atoms with Crippen LogP contribution in [0.2, 0.25) is 0 Å². The number of rotatable bonds is 7. The Bertz CT molecular complexity index is 1710. The molecule has 1 aliphatic carbocycles. The Morgan fingerprint density at radius 2 is 1.35 bits per heavy atom. The van der Waals surface area contributed by atoms with Crippen LogP contribution in [0, 0.1) is 13.8 Å². The van der Waals surface area contributed by atoms with E-state index in [1.165, 1.54) is 24.0 Å². The molecule has 8 nitrogen and oxygen atoms in total. The molecule has 43 heavy (non-hydrogen) atoms. The second kappa shape index (κ2) is 11.9. The van der Waals surface area contributed by atoms with Crippen molar-refractivity contribution in [3.63, 3.8) is 0 Å². The average molecular weight is 574 g/mol. The first-order valence-corrected chi connectivity index (χ1v) is 15.6. The van der Waals surface area contributed by atoms with Gasteiger partial charge in [-0.05, 0) is 65.4 Å². The lowest BCUT2D eigenvalue weighted by Gasteiger charge is -2.42. The quantitative estimate of drug-likeness (QED) is 0.267. The number of nitrogens with zero attached hydrogens (tertiary/aromatic N) is 6. The monoisotopic (exact) mass is 573 g/mol. The molecule has 2 aliphatic rings. The van der Waals surface area contributed by atoms with Crippen molar-refractivity contribution >= 4 is 10.9 Å². The van der Waals surface area contributed by atoms with Crippen molar-refractivity contribution in [2.75, 3.05) is 26.2 Å². The highest BCUT2D eigenvalue weighted by Crippen LogP contribution is 2.36. The average Bonchev–Trinajstić information content (AvgIpc) is 3.75. The van der Waals surface area contributed by atoms with Crippen LogP contribution in [0.5, 0.6) is 0 Å². The number of nitrogens with one attached hydrogen (secondary N) is 1. The van der Waals surface area contributed by atoms with Gasteiger partial charge in [0, 0.05) is 37.1 Å². The summed E-state index contributed by atoms with van der Waals surface area (Å²) in [6.45, 7) is 7.46. The third-order valence-electron chi connectivity index (χ3n) is 9.51. The van der Waals surface area contributed by atoms with Crippen LogP contribution < -0.4 is 5.56 Å². The van der Waals surface area contributed by atoms with Gasteiger partial charge in [0.2, 0.25) is 0 Å². The molecule has 0 spiro atoms. The number of pyridine rings is 1. The van der Waals surface area contributed by atoms with E-state index in [2.05, 4.69) is 116 Å². The number of tetrazole rings is 1. The first-order chi connectivity index (χ1) is 21.1. The highest BCUT2D eigenvalue weighted by molar-refractivity contribution is 5.85. The third-order valence-corrected chi connectivity index (χ3v) is 9.51. The van der Waals surface area contributed by atoms with Crippen LogP contribution in [0.4, 0.5) is 0 Å². The largest absolute Gasteiger partial charge is 0.321 e. The van der Waals surface area contributed by atoms with Gasteiger partial charge in [0.1, 0.15) is 6.04 Å². The van der Waals surface area contributed by atoms with Crippen molar-refractivity contribution < 1.29 is 0 Å². The van der Waals surface area contributed by atoms with Gasteiger partial charge in [0.15, 0.2) is 5.82 Å². The number of piperazine rings is 1. The van der Waals surface area contributed by atoms with E-state index in [1.54, 1.807) is 0 Å². The van der Waals surface area contributed by atoms with E-state index in [1.807, 2.05) is 11.6 Å². The smallest absolute Gasteiger partial charge is 0.253 e. The third kappa shape index (κ3) is 5.30. The summed E-state index contributed by atoms with van der Waals surface area (Å²) in [6.07, 6.45) is 4.51. The first kappa shape index (κ1) is 27.7. The standard InChI is InChI=1S/C35H39N7O/c1-24-17-18-25(2)31-29(24)23-30(35(43)36-31)33(34-37-38-39-42(34)28-15-9-10-16-28)41-21-19-40(20-22-41)32(26-11-5-3-6-12-26)27-13-7-4-8-14-27/h3-8,11-14,17-18,23,28,32-33H,9-10,15-16,19-22H2,1-2H3,(H,36,43)/t33-/m1/s1. The van der Waals surface area contributed by atoms with Crippen LogP contribution >= 0.6 is 0 Å². The molecule has 5 aromatic rings. The van der Waals surface area contributed by atoms with Crippen LogP contribution in [-0.2, 0) is 0 Å². The fourth-order valence-corrected chi connectivity index (χ4v) is 7.22. The van der Waals surface area contributed by atoms with E-state index >= 15 is 0 Å². The SMILES string of the molecule is Cc1ccc(C)c2[nH]c(=O)c([C@H](c3nnnn3C3CCCC3)N3CCN(C(c4ccccc4)c4ccccc4)CC3)cc12. The summed E-state index contributed by atoms with van der Waals surface area (Å²) in [7, 11) is 0. The summed E-state index contributed by atoms with van der Waals surface area (Å²) in [5, 5.41) is 14.4. The predicted molar refractivity (Wildman–Crippen MR) is 169 cm³/mol. The van der Waals surface area contributed by atoms with Gasteiger partial charge in [-0.2, -0.15) is 0 Å². The molecule has 0 bridgehead atoms. The lowest BCUT2D eigenvalue weighted by atomic mass is 9.95. The highest BCUT2D eigenvalue weighted by Gasteiger charge is 2.36. The summed E-state index contributed by atoms with van der Waals surface area (Å²) in [6, 6.07) is 27.9. The molecule has 220 valence electrons. The van der Waals surface area contributed by atoms with Crippen LogP contribution in [0.3, 0.4) is 0 Å². The summed E-state index contributed by atoms with van der Waals surface area (Å²) in [4.78, 5) is 22.1. The predicted octanol–water partition coefficient (Wildman–Crippen LogP) is 5.74. The Hall–Kier alpha value is -4.14. The van der Waals surface area contributed by atoms with Gasteiger partial charge in [-0.15, -0.1) is 5.10 Å². The Morgan fingerprint density at radius 3 is 1.98 bits per heavy atom. The van der Waals surface area contributed by atoms with Gasteiger partial charge in [-0.25, -0.2) is 4.68 Å². The molecule has 7 rings (SSSR count). The molecule has 0 amide bonds. The molecule has 2 aromatic heterocycles.